The molecule has 1 N–H and O–H groups in total. The zero-order valence-electron chi connectivity index (χ0n) is 12.3. The molecule has 1 heterocycles. The lowest BCUT2D eigenvalue weighted by molar-refractivity contribution is -0.137. The number of nitrogens with one attached hydrogen (secondary N) is 1. The van der Waals surface area contributed by atoms with Gasteiger partial charge in [0.1, 0.15) is 5.70 Å². The molecule has 1 aromatic rings. The minimum atomic E-state index is -4.38. The molecule has 1 saturated heterocycles. The van der Waals surface area contributed by atoms with Crippen LogP contribution in [0.2, 0.25) is 0 Å². The largest absolute Gasteiger partial charge is 0.416 e. The second-order valence-corrected chi connectivity index (χ2v) is 5.30. The van der Waals surface area contributed by atoms with Crippen LogP contribution < -0.4 is 5.32 Å². The Morgan fingerprint density at radius 2 is 1.96 bits per heavy atom. The number of thiocarbonyl (C=S) groups is 1. The van der Waals surface area contributed by atoms with Crippen LogP contribution in [0.1, 0.15) is 17.5 Å². The fourth-order valence-corrected chi connectivity index (χ4v) is 2.36. The summed E-state index contributed by atoms with van der Waals surface area (Å²) in [7, 11) is 1.57. The van der Waals surface area contributed by atoms with E-state index in [1.165, 1.54) is 23.1 Å². The molecule has 1 aliphatic heterocycles. The molecule has 23 heavy (non-hydrogen) atoms. The number of hydrogen-bond acceptors (Lipinski definition) is 3. The van der Waals surface area contributed by atoms with Gasteiger partial charge < -0.3 is 10.1 Å². The van der Waals surface area contributed by atoms with Gasteiger partial charge >= 0.3 is 6.18 Å². The molecule has 8 heteroatoms. The standard InChI is InChI=1S/C15H15F3N2O2S/c1-22-8-2-7-20-13(21)12(19-14(20)23)9-10-3-5-11(6-4-10)15(16,17)18/h3-6,9H,2,7-8H2,1H3,(H,19,23)/b12-9+. The number of halogens is 3. The summed E-state index contributed by atoms with van der Waals surface area (Å²) < 4.78 is 42.5. The monoisotopic (exact) mass is 344 g/mol. The van der Waals surface area contributed by atoms with Crippen molar-refractivity contribution in [3.8, 4) is 0 Å². The van der Waals surface area contributed by atoms with Crippen molar-refractivity contribution in [2.45, 2.75) is 12.6 Å². The summed E-state index contributed by atoms with van der Waals surface area (Å²) in [5, 5.41) is 3.06. The van der Waals surface area contributed by atoms with Gasteiger partial charge in [-0.2, -0.15) is 13.2 Å². The molecule has 0 bridgehead atoms. The molecule has 0 saturated carbocycles. The summed E-state index contributed by atoms with van der Waals surface area (Å²) in [6, 6.07) is 4.56. The Hall–Kier alpha value is -1.93. The first-order chi connectivity index (χ1) is 10.8. The summed E-state index contributed by atoms with van der Waals surface area (Å²) in [5.74, 6) is -0.300. The number of rotatable bonds is 5. The Morgan fingerprint density at radius 1 is 1.30 bits per heavy atom. The van der Waals surface area contributed by atoms with E-state index in [1.807, 2.05) is 0 Å². The first-order valence-corrected chi connectivity index (χ1v) is 7.24. The van der Waals surface area contributed by atoms with E-state index in [0.29, 0.717) is 25.1 Å². The highest BCUT2D eigenvalue weighted by molar-refractivity contribution is 7.80. The molecule has 0 atom stereocenters. The number of amides is 1. The minimum absolute atomic E-state index is 0.243. The fourth-order valence-electron chi connectivity index (χ4n) is 2.08. The lowest BCUT2D eigenvalue weighted by Crippen LogP contribution is -2.32. The molecule has 2 rings (SSSR count). The van der Waals surface area contributed by atoms with Gasteiger partial charge in [-0.3, -0.25) is 9.69 Å². The van der Waals surface area contributed by atoms with E-state index >= 15 is 0 Å². The normalized spacial score (nSPS) is 17.0. The van der Waals surface area contributed by atoms with E-state index < -0.39 is 11.7 Å². The number of hydrogen-bond donors (Lipinski definition) is 1. The zero-order valence-corrected chi connectivity index (χ0v) is 13.1. The molecule has 4 nitrogen and oxygen atoms in total. The molecular weight excluding hydrogens is 329 g/mol. The number of benzene rings is 1. The van der Waals surface area contributed by atoms with Crippen LogP contribution in [0.4, 0.5) is 13.2 Å². The fraction of sp³-hybridized carbons (Fsp3) is 0.333. The predicted octanol–water partition coefficient (Wildman–Crippen LogP) is 2.80. The van der Waals surface area contributed by atoms with Crippen molar-refractivity contribution in [1.29, 1.82) is 0 Å². The van der Waals surface area contributed by atoms with Crippen molar-refractivity contribution in [2.75, 3.05) is 20.3 Å². The molecule has 0 aromatic heterocycles. The summed E-state index contributed by atoms with van der Waals surface area (Å²) >= 11 is 5.09. The van der Waals surface area contributed by atoms with Crippen LogP contribution in [0.15, 0.2) is 30.0 Å². The average molecular weight is 344 g/mol. The average Bonchev–Trinajstić information content (AvgIpc) is 2.74. The molecule has 1 fully saturated rings. The highest BCUT2D eigenvalue weighted by Gasteiger charge is 2.31. The van der Waals surface area contributed by atoms with Crippen LogP contribution >= 0.6 is 12.2 Å². The number of ether oxygens (including phenoxy) is 1. The maximum atomic E-state index is 12.5. The molecule has 1 aromatic carbocycles. The SMILES string of the molecule is COCCCN1C(=O)/C(=C\c2ccc(C(F)(F)F)cc2)NC1=S. The number of alkyl halides is 3. The van der Waals surface area contributed by atoms with E-state index in [2.05, 4.69) is 5.32 Å². The van der Waals surface area contributed by atoms with Gasteiger partial charge in [0.05, 0.1) is 5.56 Å². The van der Waals surface area contributed by atoms with Gasteiger partial charge in [-0.1, -0.05) is 12.1 Å². The maximum Gasteiger partial charge on any atom is 0.416 e. The number of carbonyl (C=O) groups excluding carboxylic acids is 1. The Labute approximate surface area is 136 Å². The first-order valence-electron chi connectivity index (χ1n) is 6.83. The summed E-state index contributed by atoms with van der Waals surface area (Å²) in [5.41, 5.74) is -0.00959. The number of carbonyl (C=O) groups is 1. The third-order valence-electron chi connectivity index (χ3n) is 3.24. The highest BCUT2D eigenvalue weighted by Crippen LogP contribution is 2.29. The molecule has 1 aliphatic rings. The van der Waals surface area contributed by atoms with E-state index in [1.54, 1.807) is 7.11 Å². The lowest BCUT2D eigenvalue weighted by Gasteiger charge is -2.12. The van der Waals surface area contributed by atoms with Crippen LogP contribution in [0, 0.1) is 0 Å². The van der Waals surface area contributed by atoms with Crippen LogP contribution in [0.25, 0.3) is 6.08 Å². The maximum absolute atomic E-state index is 12.5. The molecule has 0 unspecified atom stereocenters. The van der Waals surface area contributed by atoms with Crippen LogP contribution in [-0.2, 0) is 15.7 Å². The van der Waals surface area contributed by atoms with Crippen molar-refractivity contribution in [2.24, 2.45) is 0 Å². The summed E-state index contributed by atoms with van der Waals surface area (Å²) in [4.78, 5) is 13.6. The third-order valence-corrected chi connectivity index (χ3v) is 3.56. The first kappa shape index (κ1) is 17.4. The zero-order chi connectivity index (χ0) is 17.0. The number of nitrogens with zero attached hydrogens (tertiary/aromatic N) is 1. The molecule has 0 spiro atoms. The van der Waals surface area contributed by atoms with Gasteiger partial charge in [-0.05, 0) is 42.4 Å². The van der Waals surface area contributed by atoms with Crippen molar-refractivity contribution in [1.82, 2.24) is 10.2 Å². The molecule has 1 amide bonds. The van der Waals surface area contributed by atoms with Crippen molar-refractivity contribution >= 4 is 29.3 Å². The summed E-state index contributed by atoms with van der Waals surface area (Å²) in [6.07, 6.45) is -2.27. The second kappa shape index (κ2) is 7.10. The minimum Gasteiger partial charge on any atom is -0.385 e. The van der Waals surface area contributed by atoms with Gasteiger partial charge in [0.25, 0.3) is 5.91 Å². The lowest BCUT2D eigenvalue weighted by atomic mass is 10.1. The van der Waals surface area contributed by atoms with E-state index in [-0.39, 0.29) is 16.7 Å². The smallest absolute Gasteiger partial charge is 0.385 e. The van der Waals surface area contributed by atoms with E-state index in [0.717, 1.165) is 12.1 Å². The summed E-state index contributed by atoms with van der Waals surface area (Å²) in [6.45, 7) is 0.924. The van der Waals surface area contributed by atoms with E-state index in [4.69, 9.17) is 17.0 Å². The quantitative estimate of drug-likeness (QED) is 0.507. The predicted molar refractivity (Wildman–Crippen MR) is 83.4 cm³/mol. The van der Waals surface area contributed by atoms with Crippen LogP contribution in [0.3, 0.4) is 0 Å². The van der Waals surface area contributed by atoms with Crippen LogP contribution in [-0.4, -0.2) is 36.2 Å². The highest BCUT2D eigenvalue weighted by atomic mass is 32.1. The molecule has 0 aliphatic carbocycles. The van der Waals surface area contributed by atoms with Crippen molar-refractivity contribution in [3.05, 3.63) is 41.1 Å². The van der Waals surface area contributed by atoms with Crippen molar-refractivity contribution in [3.63, 3.8) is 0 Å². The van der Waals surface area contributed by atoms with E-state index in [9.17, 15) is 18.0 Å². The molecule has 0 radical (unpaired) electrons. The van der Waals surface area contributed by atoms with Gasteiger partial charge in [-0.25, -0.2) is 0 Å². The van der Waals surface area contributed by atoms with Gasteiger partial charge in [0.2, 0.25) is 0 Å². The molecule has 124 valence electrons. The van der Waals surface area contributed by atoms with Gasteiger partial charge in [-0.15, -0.1) is 0 Å². The van der Waals surface area contributed by atoms with Crippen LogP contribution in [0.5, 0.6) is 0 Å². The second-order valence-electron chi connectivity index (χ2n) is 4.91. The Bertz CT molecular complexity index is 627. The topological polar surface area (TPSA) is 41.6 Å². The molecular formula is C15H15F3N2O2S. The number of methoxy groups -OCH3 is 1. The Kier molecular flexibility index (Phi) is 5.38. The Morgan fingerprint density at radius 3 is 2.52 bits per heavy atom. The third kappa shape index (κ3) is 4.29. The van der Waals surface area contributed by atoms with Crippen molar-refractivity contribution < 1.29 is 22.7 Å². The Balaban J connectivity index is 2.11. The van der Waals surface area contributed by atoms with Gasteiger partial charge in [0, 0.05) is 20.3 Å². The van der Waals surface area contributed by atoms with Gasteiger partial charge in [0.15, 0.2) is 5.11 Å².